The molecular formula is C15H18N6. The summed E-state index contributed by atoms with van der Waals surface area (Å²) in [5, 5.41) is 11.3. The zero-order valence-electron chi connectivity index (χ0n) is 11.8. The Kier molecular flexibility index (Phi) is 3.16. The molecule has 108 valence electrons. The van der Waals surface area contributed by atoms with Gasteiger partial charge in [-0.2, -0.15) is 10.2 Å². The SMILES string of the molecule is c1cc(CN2CCCC[C@@H]2c2ccn3nccc3n2)[nH]n1. The first kappa shape index (κ1) is 12.5. The van der Waals surface area contributed by atoms with Crippen LogP contribution in [0.1, 0.15) is 36.7 Å². The lowest BCUT2D eigenvalue weighted by atomic mass is 9.99. The van der Waals surface area contributed by atoms with Gasteiger partial charge in [0.2, 0.25) is 0 Å². The molecule has 1 aliphatic heterocycles. The smallest absolute Gasteiger partial charge is 0.155 e. The van der Waals surface area contributed by atoms with Gasteiger partial charge in [0.1, 0.15) is 0 Å². The minimum Gasteiger partial charge on any atom is -0.289 e. The first-order valence-electron chi connectivity index (χ1n) is 7.43. The maximum Gasteiger partial charge on any atom is 0.155 e. The van der Waals surface area contributed by atoms with E-state index in [9.17, 15) is 0 Å². The fraction of sp³-hybridized carbons (Fsp3) is 0.400. The number of rotatable bonds is 3. The van der Waals surface area contributed by atoms with E-state index in [-0.39, 0.29) is 0 Å². The Morgan fingerprint density at radius 3 is 3.10 bits per heavy atom. The molecule has 0 spiro atoms. The molecule has 0 saturated carbocycles. The monoisotopic (exact) mass is 282 g/mol. The summed E-state index contributed by atoms with van der Waals surface area (Å²) in [6.45, 7) is 2.01. The molecule has 3 aromatic heterocycles. The number of nitrogens with zero attached hydrogens (tertiary/aromatic N) is 5. The van der Waals surface area contributed by atoms with Crippen molar-refractivity contribution in [3.8, 4) is 0 Å². The molecule has 6 nitrogen and oxygen atoms in total. The fourth-order valence-corrected chi connectivity index (χ4v) is 3.12. The zero-order chi connectivity index (χ0) is 14.1. The van der Waals surface area contributed by atoms with Crippen molar-refractivity contribution >= 4 is 5.65 Å². The predicted molar refractivity (Wildman–Crippen MR) is 78.6 cm³/mol. The summed E-state index contributed by atoms with van der Waals surface area (Å²) in [5.41, 5.74) is 3.22. The first-order valence-corrected chi connectivity index (χ1v) is 7.43. The lowest BCUT2D eigenvalue weighted by molar-refractivity contribution is 0.135. The van der Waals surface area contributed by atoms with Gasteiger partial charge in [0.25, 0.3) is 0 Å². The van der Waals surface area contributed by atoms with Gasteiger partial charge in [-0.25, -0.2) is 9.50 Å². The lowest BCUT2D eigenvalue weighted by Gasteiger charge is -2.34. The second-order valence-electron chi connectivity index (χ2n) is 5.55. The van der Waals surface area contributed by atoms with Crippen LogP contribution in [-0.4, -0.2) is 36.2 Å². The number of aromatic nitrogens is 5. The minimum atomic E-state index is 0.377. The molecule has 0 unspecified atom stereocenters. The normalized spacial score (nSPS) is 20.1. The number of fused-ring (bicyclic) bond motifs is 1. The molecule has 1 aliphatic rings. The van der Waals surface area contributed by atoms with E-state index in [2.05, 4.69) is 26.3 Å². The number of hydrogen-bond acceptors (Lipinski definition) is 4. The van der Waals surface area contributed by atoms with Crippen molar-refractivity contribution in [2.45, 2.75) is 31.8 Å². The summed E-state index contributed by atoms with van der Waals surface area (Å²) in [7, 11) is 0. The summed E-state index contributed by atoms with van der Waals surface area (Å²) >= 11 is 0. The van der Waals surface area contributed by atoms with E-state index in [1.165, 1.54) is 12.8 Å². The van der Waals surface area contributed by atoms with Gasteiger partial charge in [-0.15, -0.1) is 0 Å². The second kappa shape index (κ2) is 5.29. The summed E-state index contributed by atoms with van der Waals surface area (Å²) in [6, 6.07) is 6.46. The highest BCUT2D eigenvalue weighted by atomic mass is 15.2. The topological polar surface area (TPSA) is 62.1 Å². The third kappa shape index (κ3) is 2.42. The molecule has 1 fully saturated rings. The van der Waals surface area contributed by atoms with E-state index < -0.39 is 0 Å². The first-order chi connectivity index (χ1) is 10.4. The Balaban J connectivity index is 1.63. The second-order valence-corrected chi connectivity index (χ2v) is 5.55. The molecule has 0 bridgehead atoms. The molecule has 4 rings (SSSR count). The van der Waals surface area contributed by atoms with Crippen molar-refractivity contribution in [2.24, 2.45) is 0 Å². The van der Waals surface area contributed by atoms with Crippen LogP contribution in [0.4, 0.5) is 0 Å². The van der Waals surface area contributed by atoms with Crippen LogP contribution in [0.15, 0.2) is 36.8 Å². The maximum atomic E-state index is 4.77. The van der Waals surface area contributed by atoms with E-state index in [0.29, 0.717) is 6.04 Å². The van der Waals surface area contributed by atoms with E-state index >= 15 is 0 Å². The lowest BCUT2D eigenvalue weighted by Crippen LogP contribution is -2.33. The van der Waals surface area contributed by atoms with Crippen LogP contribution in [0, 0.1) is 0 Å². The Hall–Kier alpha value is -2.21. The van der Waals surface area contributed by atoms with Crippen molar-refractivity contribution in [3.05, 3.63) is 48.2 Å². The van der Waals surface area contributed by atoms with Crippen LogP contribution in [0.3, 0.4) is 0 Å². The number of nitrogens with one attached hydrogen (secondary N) is 1. The Morgan fingerprint density at radius 2 is 2.19 bits per heavy atom. The van der Waals surface area contributed by atoms with Gasteiger partial charge in [0.05, 0.1) is 17.9 Å². The molecule has 6 heteroatoms. The number of hydrogen-bond donors (Lipinski definition) is 1. The highest BCUT2D eigenvalue weighted by Gasteiger charge is 2.25. The average molecular weight is 282 g/mol. The minimum absolute atomic E-state index is 0.377. The Bertz CT molecular complexity index is 717. The van der Waals surface area contributed by atoms with Crippen molar-refractivity contribution < 1.29 is 0 Å². The van der Waals surface area contributed by atoms with Crippen LogP contribution in [0.2, 0.25) is 0 Å². The van der Waals surface area contributed by atoms with Crippen molar-refractivity contribution in [1.82, 2.24) is 29.7 Å². The van der Waals surface area contributed by atoms with Gasteiger partial charge in [0.15, 0.2) is 5.65 Å². The highest BCUT2D eigenvalue weighted by Crippen LogP contribution is 2.30. The summed E-state index contributed by atoms with van der Waals surface area (Å²) in [6.07, 6.45) is 9.27. The zero-order valence-corrected chi connectivity index (χ0v) is 11.8. The molecular weight excluding hydrogens is 264 g/mol. The summed E-state index contributed by atoms with van der Waals surface area (Å²) < 4.78 is 1.81. The van der Waals surface area contributed by atoms with Crippen LogP contribution in [0.25, 0.3) is 5.65 Å². The number of likely N-dealkylation sites (tertiary alicyclic amines) is 1. The molecule has 3 aromatic rings. The molecule has 4 heterocycles. The van der Waals surface area contributed by atoms with E-state index in [1.54, 1.807) is 6.20 Å². The highest BCUT2D eigenvalue weighted by molar-refractivity contribution is 5.37. The summed E-state index contributed by atoms with van der Waals surface area (Å²) in [4.78, 5) is 7.26. The van der Waals surface area contributed by atoms with Crippen LogP contribution >= 0.6 is 0 Å². The van der Waals surface area contributed by atoms with Gasteiger partial charge in [-0.1, -0.05) is 6.42 Å². The Morgan fingerprint density at radius 1 is 1.19 bits per heavy atom. The molecule has 0 aliphatic carbocycles. The third-order valence-electron chi connectivity index (χ3n) is 4.17. The fourth-order valence-electron chi connectivity index (χ4n) is 3.12. The molecule has 1 atom stereocenters. The molecule has 0 radical (unpaired) electrons. The molecule has 0 aromatic carbocycles. The van der Waals surface area contributed by atoms with E-state index in [0.717, 1.165) is 36.5 Å². The maximum absolute atomic E-state index is 4.77. The molecule has 1 saturated heterocycles. The van der Waals surface area contributed by atoms with Crippen LogP contribution in [0.5, 0.6) is 0 Å². The van der Waals surface area contributed by atoms with Crippen molar-refractivity contribution in [1.29, 1.82) is 0 Å². The van der Waals surface area contributed by atoms with Gasteiger partial charge < -0.3 is 0 Å². The van der Waals surface area contributed by atoms with Crippen molar-refractivity contribution in [3.63, 3.8) is 0 Å². The predicted octanol–water partition coefficient (Wildman–Crippen LogP) is 2.18. The number of aromatic amines is 1. The Labute approximate surface area is 122 Å². The van der Waals surface area contributed by atoms with Gasteiger partial charge in [-0.3, -0.25) is 10.00 Å². The molecule has 21 heavy (non-hydrogen) atoms. The molecule has 0 amide bonds. The number of H-pyrrole nitrogens is 1. The van der Waals surface area contributed by atoms with Gasteiger partial charge >= 0.3 is 0 Å². The summed E-state index contributed by atoms with van der Waals surface area (Å²) in [5.74, 6) is 0. The quantitative estimate of drug-likeness (QED) is 0.800. The van der Waals surface area contributed by atoms with Crippen LogP contribution < -0.4 is 0 Å². The number of piperidine rings is 1. The largest absolute Gasteiger partial charge is 0.289 e. The average Bonchev–Trinajstić information content (AvgIpc) is 3.18. The standard InChI is InChI=1S/C15H18N6/c1-2-9-20(11-12-4-7-16-19-12)14(3-1)13-6-10-21-15(18-13)5-8-17-21/h4-8,10,14H,1-3,9,11H2,(H,16,19)/t14-/m1/s1. The van der Waals surface area contributed by atoms with Crippen molar-refractivity contribution in [2.75, 3.05) is 6.54 Å². The molecule has 1 N–H and O–H groups in total. The van der Waals surface area contributed by atoms with Gasteiger partial charge in [0, 0.05) is 30.7 Å². The van der Waals surface area contributed by atoms with E-state index in [4.69, 9.17) is 4.98 Å². The third-order valence-corrected chi connectivity index (χ3v) is 4.17. The van der Waals surface area contributed by atoms with Crippen LogP contribution in [-0.2, 0) is 6.54 Å². The van der Waals surface area contributed by atoms with Gasteiger partial charge in [-0.05, 0) is 31.5 Å². The van der Waals surface area contributed by atoms with E-state index in [1.807, 2.05) is 29.0 Å².